The van der Waals surface area contributed by atoms with Gasteiger partial charge in [-0.15, -0.1) is 5.10 Å². The van der Waals surface area contributed by atoms with Gasteiger partial charge in [0.15, 0.2) is 0 Å². The van der Waals surface area contributed by atoms with E-state index in [4.69, 9.17) is 4.74 Å². The second-order valence-electron chi connectivity index (χ2n) is 3.32. The van der Waals surface area contributed by atoms with Crippen LogP contribution in [0, 0.1) is 13.8 Å². The van der Waals surface area contributed by atoms with Crippen molar-refractivity contribution in [3.63, 3.8) is 0 Å². The standard InChI is InChI=1S/C11H10BrN3O/c1-7-8(2)14-15-11(13-7)16-10-5-3-4-9(12)6-10/h3-6H,1-2H3. The summed E-state index contributed by atoms with van der Waals surface area (Å²) < 4.78 is 6.43. The van der Waals surface area contributed by atoms with Crippen LogP contribution in [0.5, 0.6) is 11.8 Å². The Hall–Kier alpha value is -1.49. The van der Waals surface area contributed by atoms with Crippen LogP contribution in [0.1, 0.15) is 11.4 Å². The molecule has 0 saturated heterocycles. The number of nitrogens with zero attached hydrogens (tertiary/aromatic N) is 3. The van der Waals surface area contributed by atoms with Gasteiger partial charge in [-0.3, -0.25) is 0 Å². The van der Waals surface area contributed by atoms with Gasteiger partial charge in [-0.2, -0.15) is 4.98 Å². The normalized spacial score (nSPS) is 10.2. The molecule has 0 saturated carbocycles. The van der Waals surface area contributed by atoms with Gasteiger partial charge in [-0.05, 0) is 32.0 Å². The molecule has 0 amide bonds. The number of ether oxygens (including phenoxy) is 1. The first kappa shape index (κ1) is 11.0. The topological polar surface area (TPSA) is 47.9 Å². The van der Waals surface area contributed by atoms with Gasteiger partial charge in [-0.1, -0.05) is 27.1 Å². The fourth-order valence-corrected chi connectivity index (χ4v) is 1.49. The summed E-state index contributed by atoms with van der Waals surface area (Å²) in [5.74, 6) is 0.680. The van der Waals surface area contributed by atoms with E-state index in [1.807, 2.05) is 38.1 Å². The lowest BCUT2D eigenvalue weighted by Gasteiger charge is -2.04. The van der Waals surface area contributed by atoms with Crippen molar-refractivity contribution in [2.24, 2.45) is 0 Å². The van der Waals surface area contributed by atoms with Crippen molar-refractivity contribution >= 4 is 15.9 Å². The third kappa shape index (κ3) is 2.55. The Morgan fingerprint density at radius 2 is 1.94 bits per heavy atom. The zero-order valence-electron chi connectivity index (χ0n) is 8.94. The summed E-state index contributed by atoms with van der Waals surface area (Å²) in [5.41, 5.74) is 1.63. The van der Waals surface area contributed by atoms with Gasteiger partial charge >= 0.3 is 6.01 Å². The predicted molar refractivity (Wildman–Crippen MR) is 63.5 cm³/mol. The summed E-state index contributed by atoms with van der Waals surface area (Å²) >= 11 is 3.37. The first-order valence-electron chi connectivity index (χ1n) is 4.76. The van der Waals surface area contributed by atoms with E-state index in [1.165, 1.54) is 0 Å². The molecular weight excluding hydrogens is 270 g/mol. The Labute approximate surface area is 102 Å². The highest BCUT2D eigenvalue weighted by atomic mass is 79.9. The van der Waals surface area contributed by atoms with Gasteiger partial charge in [0.05, 0.1) is 11.4 Å². The minimum absolute atomic E-state index is 0.265. The molecule has 2 rings (SSSR count). The highest BCUT2D eigenvalue weighted by Crippen LogP contribution is 2.21. The smallest absolute Gasteiger partial charge is 0.341 e. The van der Waals surface area contributed by atoms with E-state index in [2.05, 4.69) is 31.1 Å². The van der Waals surface area contributed by atoms with E-state index in [0.717, 1.165) is 15.9 Å². The maximum atomic E-state index is 5.48. The molecule has 0 aliphatic rings. The van der Waals surface area contributed by atoms with Crippen LogP contribution < -0.4 is 4.74 Å². The Morgan fingerprint density at radius 3 is 2.62 bits per heavy atom. The molecule has 0 unspecified atom stereocenters. The minimum Gasteiger partial charge on any atom is -0.423 e. The minimum atomic E-state index is 0.265. The summed E-state index contributed by atoms with van der Waals surface area (Å²) in [4.78, 5) is 4.19. The maximum Gasteiger partial charge on any atom is 0.341 e. The second kappa shape index (κ2) is 4.57. The molecule has 16 heavy (non-hydrogen) atoms. The largest absolute Gasteiger partial charge is 0.423 e. The first-order chi connectivity index (χ1) is 7.65. The molecule has 1 heterocycles. The van der Waals surface area contributed by atoms with E-state index < -0.39 is 0 Å². The van der Waals surface area contributed by atoms with Gasteiger partial charge in [0.25, 0.3) is 0 Å². The molecule has 4 nitrogen and oxygen atoms in total. The lowest BCUT2D eigenvalue weighted by molar-refractivity contribution is 0.430. The molecule has 0 N–H and O–H groups in total. The lowest BCUT2D eigenvalue weighted by atomic mass is 10.3. The number of halogens is 1. The van der Waals surface area contributed by atoms with Gasteiger partial charge in [0, 0.05) is 4.47 Å². The zero-order valence-corrected chi connectivity index (χ0v) is 10.5. The van der Waals surface area contributed by atoms with E-state index in [0.29, 0.717) is 5.75 Å². The average molecular weight is 280 g/mol. The quantitative estimate of drug-likeness (QED) is 0.848. The van der Waals surface area contributed by atoms with E-state index in [9.17, 15) is 0 Å². The van der Waals surface area contributed by atoms with Crippen LogP contribution in [-0.4, -0.2) is 15.2 Å². The fraction of sp³-hybridized carbons (Fsp3) is 0.182. The summed E-state index contributed by atoms with van der Waals surface area (Å²) in [6, 6.07) is 7.75. The van der Waals surface area contributed by atoms with Crippen molar-refractivity contribution in [2.45, 2.75) is 13.8 Å². The Balaban J connectivity index is 2.24. The molecule has 0 bridgehead atoms. The number of hydrogen-bond acceptors (Lipinski definition) is 4. The molecule has 0 aliphatic carbocycles. The molecule has 0 atom stereocenters. The van der Waals surface area contributed by atoms with Crippen LogP contribution in [0.4, 0.5) is 0 Å². The maximum absolute atomic E-state index is 5.48. The Kier molecular flexibility index (Phi) is 3.14. The third-order valence-corrected chi connectivity index (χ3v) is 2.57. The Morgan fingerprint density at radius 1 is 1.12 bits per heavy atom. The number of benzene rings is 1. The van der Waals surface area contributed by atoms with Crippen LogP contribution in [0.15, 0.2) is 28.7 Å². The molecular formula is C11H10BrN3O. The van der Waals surface area contributed by atoms with Crippen molar-refractivity contribution in [1.82, 2.24) is 15.2 Å². The molecule has 1 aromatic carbocycles. The van der Waals surface area contributed by atoms with E-state index >= 15 is 0 Å². The van der Waals surface area contributed by atoms with Crippen molar-refractivity contribution in [3.8, 4) is 11.8 Å². The van der Waals surface area contributed by atoms with E-state index in [-0.39, 0.29) is 6.01 Å². The number of aromatic nitrogens is 3. The van der Waals surface area contributed by atoms with Crippen molar-refractivity contribution in [3.05, 3.63) is 40.1 Å². The van der Waals surface area contributed by atoms with Crippen LogP contribution >= 0.6 is 15.9 Å². The first-order valence-corrected chi connectivity index (χ1v) is 5.56. The van der Waals surface area contributed by atoms with Crippen LogP contribution in [0.25, 0.3) is 0 Å². The SMILES string of the molecule is Cc1nnc(Oc2cccc(Br)c2)nc1C. The number of aryl methyl sites for hydroxylation is 2. The van der Waals surface area contributed by atoms with E-state index in [1.54, 1.807) is 0 Å². The van der Waals surface area contributed by atoms with Crippen LogP contribution in [-0.2, 0) is 0 Å². The molecule has 0 radical (unpaired) electrons. The second-order valence-corrected chi connectivity index (χ2v) is 4.24. The van der Waals surface area contributed by atoms with Crippen LogP contribution in [0.3, 0.4) is 0 Å². The molecule has 0 spiro atoms. The molecule has 0 aliphatic heterocycles. The summed E-state index contributed by atoms with van der Waals surface area (Å²) in [6.45, 7) is 3.73. The summed E-state index contributed by atoms with van der Waals surface area (Å²) in [5, 5.41) is 7.81. The third-order valence-electron chi connectivity index (χ3n) is 2.08. The molecule has 1 aromatic heterocycles. The Bertz CT molecular complexity index is 516. The average Bonchev–Trinajstić information content (AvgIpc) is 2.24. The highest BCUT2D eigenvalue weighted by molar-refractivity contribution is 9.10. The van der Waals surface area contributed by atoms with Gasteiger partial charge in [-0.25, -0.2) is 0 Å². The van der Waals surface area contributed by atoms with Gasteiger partial charge in [0.2, 0.25) is 0 Å². The van der Waals surface area contributed by atoms with Crippen molar-refractivity contribution in [2.75, 3.05) is 0 Å². The van der Waals surface area contributed by atoms with Crippen LogP contribution in [0.2, 0.25) is 0 Å². The van der Waals surface area contributed by atoms with Gasteiger partial charge < -0.3 is 4.74 Å². The van der Waals surface area contributed by atoms with Crippen molar-refractivity contribution < 1.29 is 4.74 Å². The lowest BCUT2D eigenvalue weighted by Crippen LogP contribution is -1.99. The fourth-order valence-electron chi connectivity index (χ4n) is 1.12. The number of rotatable bonds is 2. The zero-order chi connectivity index (χ0) is 11.5. The predicted octanol–water partition coefficient (Wildman–Crippen LogP) is 3.04. The number of hydrogen-bond donors (Lipinski definition) is 0. The van der Waals surface area contributed by atoms with Gasteiger partial charge in [0.1, 0.15) is 5.75 Å². The summed E-state index contributed by atoms with van der Waals surface area (Å²) in [6.07, 6.45) is 0. The van der Waals surface area contributed by atoms with Crippen molar-refractivity contribution in [1.29, 1.82) is 0 Å². The molecule has 2 aromatic rings. The molecule has 0 fully saturated rings. The molecule has 82 valence electrons. The summed E-state index contributed by atoms with van der Waals surface area (Å²) in [7, 11) is 0. The highest BCUT2D eigenvalue weighted by Gasteiger charge is 2.04. The molecule has 5 heteroatoms. The monoisotopic (exact) mass is 279 g/mol.